The molecule has 6 nitrogen and oxygen atoms in total. The van der Waals surface area contributed by atoms with E-state index in [9.17, 15) is 4.79 Å². The fourth-order valence-corrected chi connectivity index (χ4v) is 2.88. The maximum absolute atomic E-state index is 12.6. The highest BCUT2D eigenvalue weighted by Gasteiger charge is 2.07. The average molecular weight is 401 g/mol. The number of carbonyl (C=O) groups is 1. The number of thioether (sulfide) groups is 1. The summed E-state index contributed by atoms with van der Waals surface area (Å²) in [7, 11) is 0. The predicted molar refractivity (Wildman–Crippen MR) is 120 cm³/mol. The Labute approximate surface area is 173 Å². The van der Waals surface area contributed by atoms with Gasteiger partial charge < -0.3 is 10.6 Å². The van der Waals surface area contributed by atoms with Gasteiger partial charge in [-0.15, -0.1) is 0 Å². The molecule has 0 saturated carbocycles. The molecule has 0 aliphatic carbocycles. The number of nitrogens with zero attached hydrogens (tertiary/aromatic N) is 2. The van der Waals surface area contributed by atoms with E-state index in [0.717, 1.165) is 11.4 Å². The number of nitriles is 1. The van der Waals surface area contributed by atoms with Gasteiger partial charge in [0.1, 0.15) is 0 Å². The van der Waals surface area contributed by atoms with E-state index in [1.165, 1.54) is 11.8 Å². The highest BCUT2D eigenvalue weighted by atomic mass is 32.2. The molecule has 0 unspecified atom stereocenters. The molecule has 0 aromatic heterocycles. The minimum atomic E-state index is -0.232. The van der Waals surface area contributed by atoms with Crippen LogP contribution in [0.2, 0.25) is 0 Å². The van der Waals surface area contributed by atoms with Crippen LogP contribution in [0, 0.1) is 11.5 Å². The van der Waals surface area contributed by atoms with Crippen LogP contribution in [0.15, 0.2) is 83.9 Å². The summed E-state index contributed by atoms with van der Waals surface area (Å²) in [6.45, 7) is 0. The average Bonchev–Trinajstić information content (AvgIpc) is 2.76. The summed E-state index contributed by atoms with van der Waals surface area (Å²) in [5.74, 6) is -0.232. The summed E-state index contributed by atoms with van der Waals surface area (Å²) < 4.78 is 0. The molecule has 0 atom stereocenters. The topological polar surface area (TPSA) is 89.3 Å². The summed E-state index contributed by atoms with van der Waals surface area (Å²) >= 11 is 1.32. The van der Waals surface area contributed by atoms with Crippen LogP contribution in [0.5, 0.6) is 0 Å². The van der Waals surface area contributed by atoms with Crippen LogP contribution in [0.25, 0.3) is 0 Å². The lowest BCUT2D eigenvalue weighted by Crippen LogP contribution is -2.13. The van der Waals surface area contributed by atoms with Crippen molar-refractivity contribution < 1.29 is 4.79 Å². The zero-order valence-corrected chi connectivity index (χ0v) is 16.5. The van der Waals surface area contributed by atoms with E-state index in [-0.39, 0.29) is 5.91 Å². The Morgan fingerprint density at radius 1 is 0.931 bits per heavy atom. The van der Waals surface area contributed by atoms with E-state index in [1.54, 1.807) is 24.3 Å². The van der Waals surface area contributed by atoms with E-state index in [2.05, 4.69) is 20.9 Å². The number of hydrogen-bond donors (Lipinski definition) is 3. The van der Waals surface area contributed by atoms with Crippen LogP contribution in [-0.4, -0.2) is 17.3 Å². The van der Waals surface area contributed by atoms with E-state index in [4.69, 9.17) is 5.26 Å². The zero-order valence-electron chi connectivity index (χ0n) is 15.7. The maximum atomic E-state index is 12.6. The van der Waals surface area contributed by atoms with Crippen molar-refractivity contribution in [1.82, 2.24) is 5.32 Å². The Balaban J connectivity index is 1.67. The number of nitrogens with one attached hydrogen (secondary N) is 3. The predicted octanol–water partition coefficient (Wildman–Crippen LogP) is 5.10. The molecule has 0 spiro atoms. The zero-order chi connectivity index (χ0) is 20.5. The molecule has 0 heterocycles. The minimum Gasteiger partial charge on any atom is -0.356 e. The van der Waals surface area contributed by atoms with E-state index < -0.39 is 0 Å². The second kappa shape index (κ2) is 9.97. The monoisotopic (exact) mass is 401 g/mol. The summed E-state index contributed by atoms with van der Waals surface area (Å²) in [4.78, 5) is 16.9. The lowest BCUT2D eigenvalue weighted by atomic mass is 10.2. The number of para-hydroxylation sites is 1. The van der Waals surface area contributed by atoms with Gasteiger partial charge in [-0.1, -0.05) is 36.0 Å². The highest BCUT2D eigenvalue weighted by Crippen LogP contribution is 2.20. The number of hydrogen-bond acceptors (Lipinski definition) is 5. The molecule has 0 saturated heterocycles. The van der Waals surface area contributed by atoms with Gasteiger partial charge in [0, 0.05) is 22.6 Å². The second-order valence-corrected chi connectivity index (χ2v) is 6.73. The van der Waals surface area contributed by atoms with Crippen LogP contribution in [0.3, 0.4) is 0 Å². The van der Waals surface area contributed by atoms with Crippen molar-refractivity contribution in [2.24, 2.45) is 4.99 Å². The van der Waals surface area contributed by atoms with E-state index in [1.807, 2.05) is 67.0 Å². The molecule has 3 rings (SSSR count). The molecule has 3 aromatic rings. The summed E-state index contributed by atoms with van der Waals surface area (Å²) in [6, 6.07) is 24.3. The van der Waals surface area contributed by atoms with Crippen molar-refractivity contribution in [3.8, 4) is 6.19 Å². The molecule has 3 aromatic carbocycles. The third-order valence-corrected chi connectivity index (χ3v) is 4.48. The van der Waals surface area contributed by atoms with Crippen molar-refractivity contribution in [1.29, 1.82) is 5.26 Å². The van der Waals surface area contributed by atoms with Crippen LogP contribution in [-0.2, 0) is 0 Å². The molecular weight excluding hydrogens is 382 g/mol. The first kappa shape index (κ1) is 20.0. The lowest BCUT2D eigenvalue weighted by Gasteiger charge is -2.09. The molecule has 1 amide bonds. The van der Waals surface area contributed by atoms with Gasteiger partial charge in [0.25, 0.3) is 5.91 Å². The van der Waals surface area contributed by atoms with Crippen LogP contribution >= 0.6 is 11.8 Å². The Bertz CT molecular complexity index is 1040. The Morgan fingerprint density at radius 2 is 1.62 bits per heavy atom. The first-order chi connectivity index (χ1) is 14.2. The highest BCUT2D eigenvalue weighted by molar-refractivity contribution is 8.13. The third-order valence-electron chi connectivity index (χ3n) is 3.90. The van der Waals surface area contributed by atoms with Crippen molar-refractivity contribution in [3.05, 3.63) is 84.4 Å². The number of carbonyl (C=O) groups excluding carboxylic acids is 1. The van der Waals surface area contributed by atoms with Gasteiger partial charge in [-0.05, 0) is 60.9 Å². The molecule has 0 bridgehead atoms. The quantitative estimate of drug-likeness (QED) is 0.239. The number of anilines is 3. The minimum absolute atomic E-state index is 0.232. The maximum Gasteiger partial charge on any atom is 0.255 e. The molecule has 0 aliphatic rings. The summed E-state index contributed by atoms with van der Waals surface area (Å²) in [5, 5.41) is 17.9. The molecule has 0 fully saturated rings. The molecule has 7 heteroatoms. The van der Waals surface area contributed by atoms with E-state index in [0.29, 0.717) is 22.1 Å². The Kier molecular flexibility index (Phi) is 6.87. The van der Waals surface area contributed by atoms with Gasteiger partial charge in [-0.25, -0.2) is 4.99 Å². The van der Waals surface area contributed by atoms with Gasteiger partial charge >= 0.3 is 0 Å². The van der Waals surface area contributed by atoms with Gasteiger partial charge in [-0.3, -0.25) is 10.1 Å². The van der Waals surface area contributed by atoms with Crippen molar-refractivity contribution in [2.75, 3.05) is 16.9 Å². The number of benzene rings is 3. The normalized spacial score (nSPS) is 10.7. The molecule has 29 heavy (non-hydrogen) atoms. The molecular formula is C22H19N5OS. The number of aliphatic imine (C=N–C) groups is 1. The van der Waals surface area contributed by atoms with Crippen molar-refractivity contribution >= 4 is 45.6 Å². The summed E-state index contributed by atoms with van der Waals surface area (Å²) in [5.41, 5.74) is 3.69. The van der Waals surface area contributed by atoms with Crippen LogP contribution in [0.4, 0.5) is 22.7 Å². The van der Waals surface area contributed by atoms with Gasteiger partial charge in [0.05, 0.1) is 5.69 Å². The fraction of sp³-hybridized carbons (Fsp3) is 0.0455. The van der Waals surface area contributed by atoms with Crippen molar-refractivity contribution in [2.45, 2.75) is 0 Å². The molecule has 0 radical (unpaired) electrons. The van der Waals surface area contributed by atoms with Crippen LogP contribution in [0.1, 0.15) is 10.4 Å². The largest absolute Gasteiger partial charge is 0.356 e. The fourth-order valence-electron chi connectivity index (χ4n) is 2.53. The number of rotatable bonds is 5. The van der Waals surface area contributed by atoms with Gasteiger partial charge in [0.15, 0.2) is 11.4 Å². The van der Waals surface area contributed by atoms with Crippen LogP contribution < -0.4 is 16.0 Å². The smallest absolute Gasteiger partial charge is 0.255 e. The molecule has 3 N–H and O–H groups in total. The Hall–Kier alpha value is -3.76. The van der Waals surface area contributed by atoms with Gasteiger partial charge in [-0.2, -0.15) is 5.26 Å². The summed E-state index contributed by atoms with van der Waals surface area (Å²) in [6.07, 6.45) is 3.66. The number of amidine groups is 1. The third kappa shape index (κ3) is 5.86. The van der Waals surface area contributed by atoms with Gasteiger partial charge in [0.2, 0.25) is 0 Å². The van der Waals surface area contributed by atoms with E-state index >= 15 is 0 Å². The second-order valence-electron chi connectivity index (χ2n) is 5.93. The van der Waals surface area contributed by atoms with Crippen molar-refractivity contribution in [3.63, 3.8) is 0 Å². The molecule has 0 aliphatic heterocycles. The Morgan fingerprint density at radius 3 is 2.31 bits per heavy atom. The number of amides is 1. The first-order valence-corrected chi connectivity index (χ1v) is 10.0. The SMILES string of the molecule is CSC(=Nc1cccc(C(=O)Nc2ccc(Nc3ccccc3)cc2)c1)NC#N. The first-order valence-electron chi connectivity index (χ1n) is 8.79. The standard InChI is InChI=1S/C22H19N5OS/c1-29-22(24-15-23)27-20-9-5-6-16(14-20)21(28)26-19-12-10-18(11-13-19)25-17-7-3-2-4-8-17/h2-14,25H,1H3,(H,24,27)(H,26,28). The lowest BCUT2D eigenvalue weighted by molar-refractivity contribution is 0.102. The molecule has 144 valence electrons.